The first-order valence-corrected chi connectivity index (χ1v) is 27.0. The largest absolute Gasteiger partial charge is 0.493 e. The van der Waals surface area contributed by atoms with Crippen molar-refractivity contribution in [1.29, 1.82) is 0 Å². The molecule has 0 radical (unpaired) electrons. The van der Waals surface area contributed by atoms with E-state index in [0.29, 0.717) is 36.6 Å². The summed E-state index contributed by atoms with van der Waals surface area (Å²) in [7, 11) is 0. The number of unbranched alkanes of at least 4 members (excludes halogenated alkanes) is 38. The molecule has 2 amide bonds. The van der Waals surface area contributed by atoms with Gasteiger partial charge in [-0.3, -0.25) is 9.59 Å². The van der Waals surface area contributed by atoms with Crippen LogP contribution in [0.2, 0.25) is 0 Å². The van der Waals surface area contributed by atoms with Crippen molar-refractivity contribution in [1.82, 2.24) is 10.6 Å². The molecule has 5 nitrogen and oxygen atoms in total. The van der Waals surface area contributed by atoms with Gasteiger partial charge in [0.1, 0.15) is 5.75 Å². The van der Waals surface area contributed by atoms with E-state index in [4.69, 9.17) is 4.74 Å². The molecule has 0 heterocycles. The van der Waals surface area contributed by atoms with Gasteiger partial charge in [0, 0.05) is 18.7 Å². The number of hydrogen-bond acceptors (Lipinski definition) is 3. The summed E-state index contributed by atoms with van der Waals surface area (Å²) in [5.41, 5.74) is 1.11. The minimum atomic E-state index is -0.0978. The van der Waals surface area contributed by atoms with Crippen LogP contribution in [0.3, 0.4) is 0 Å². The number of hydrogen-bond donors (Lipinski definition) is 2. The van der Waals surface area contributed by atoms with Gasteiger partial charge in [-0.15, -0.1) is 0 Å². The molecule has 0 unspecified atom stereocenters. The van der Waals surface area contributed by atoms with Crippen LogP contribution in [0.15, 0.2) is 18.2 Å². The Morgan fingerprint density at radius 3 is 0.983 bits per heavy atom. The van der Waals surface area contributed by atoms with E-state index in [1.165, 1.54) is 225 Å². The molecule has 0 saturated carbocycles. The molecule has 0 saturated heterocycles. The van der Waals surface area contributed by atoms with Crippen molar-refractivity contribution in [2.75, 3.05) is 19.7 Å². The lowest BCUT2D eigenvalue weighted by atomic mass is 10.0. The fourth-order valence-corrected chi connectivity index (χ4v) is 8.51. The summed E-state index contributed by atoms with van der Waals surface area (Å²) in [4.78, 5) is 26.5. The lowest BCUT2D eigenvalue weighted by Crippen LogP contribution is -2.26. The van der Waals surface area contributed by atoms with Gasteiger partial charge in [0.2, 0.25) is 0 Å². The van der Waals surface area contributed by atoms with Gasteiger partial charge in [-0.1, -0.05) is 265 Å². The van der Waals surface area contributed by atoms with Crippen molar-refractivity contribution in [3.63, 3.8) is 0 Å². The molecule has 0 aliphatic carbocycles. The van der Waals surface area contributed by atoms with Gasteiger partial charge in [-0.05, 0) is 37.5 Å². The van der Waals surface area contributed by atoms with Gasteiger partial charge >= 0.3 is 0 Å². The minimum Gasteiger partial charge on any atom is -0.493 e. The van der Waals surface area contributed by atoms with Crippen molar-refractivity contribution in [3.8, 4) is 5.75 Å². The van der Waals surface area contributed by atoms with Crippen molar-refractivity contribution in [2.24, 2.45) is 0 Å². The van der Waals surface area contributed by atoms with Crippen molar-refractivity contribution < 1.29 is 14.3 Å². The van der Waals surface area contributed by atoms with E-state index < -0.39 is 0 Å². The Bertz CT molecular complexity index is 1070. The monoisotopic (exact) mass is 839 g/mol. The molecular weight excluding hydrogens is 737 g/mol. The van der Waals surface area contributed by atoms with Gasteiger partial charge in [0.15, 0.2) is 0 Å². The zero-order chi connectivity index (χ0) is 43.2. The Morgan fingerprint density at radius 2 is 0.650 bits per heavy atom. The highest BCUT2D eigenvalue weighted by Gasteiger charge is 2.16. The van der Waals surface area contributed by atoms with Crippen molar-refractivity contribution >= 4 is 11.8 Å². The number of amides is 2. The number of rotatable bonds is 47. The number of nitrogens with one attached hydrogen (secondary N) is 2. The fraction of sp³-hybridized carbons (Fsp3) is 0.855. The fourth-order valence-electron chi connectivity index (χ4n) is 8.51. The molecule has 0 atom stereocenters. The summed E-state index contributed by atoms with van der Waals surface area (Å²) >= 11 is 0. The lowest BCUT2D eigenvalue weighted by molar-refractivity contribution is 0.0937. The highest BCUT2D eigenvalue weighted by Crippen LogP contribution is 2.23. The van der Waals surface area contributed by atoms with E-state index in [0.717, 1.165) is 38.5 Å². The molecule has 0 aromatic heterocycles. The van der Waals surface area contributed by atoms with Crippen LogP contribution in [0.4, 0.5) is 0 Å². The minimum absolute atomic E-state index is 0.0790. The first-order chi connectivity index (χ1) is 29.6. The molecule has 5 heteroatoms. The molecule has 0 bridgehead atoms. The molecule has 0 aliphatic rings. The molecule has 0 fully saturated rings. The van der Waals surface area contributed by atoms with Crippen LogP contribution in [-0.2, 0) is 0 Å². The standard InChI is InChI=1S/C55H102N2O3/c1-4-7-10-13-16-19-22-25-26-29-32-35-38-41-44-49-60-53-50-51(54(58)56-47-42-39-36-33-30-27-23-20-17-14-11-8-5-2)45-46-52(53)55(59)57-48-43-40-37-34-31-28-24-21-18-15-12-9-6-3/h45-46,50H,4-44,47-49H2,1-3H3,(H,56,58)(H,57,59). The second-order valence-corrected chi connectivity index (χ2v) is 18.5. The molecule has 60 heavy (non-hydrogen) atoms. The van der Waals surface area contributed by atoms with Crippen LogP contribution in [-0.4, -0.2) is 31.5 Å². The second kappa shape index (κ2) is 45.0. The van der Waals surface area contributed by atoms with Crippen LogP contribution in [0.1, 0.15) is 305 Å². The van der Waals surface area contributed by atoms with Gasteiger partial charge in [-0.2, -0.15) is 0 Å². The Balaban J connectivity index is 2.41. The third-order valence-corrected chi connectivity index (χ3v) is 12.6. The average molecular weight is 839 g/mol. The summed E-state index contributed by atoms with van der Waals surface area (Å²) in [6.45, 7) is 8.79. The van der Waals surface area contributed by atoms with E-state index in [-0.39, 0.29) is 11.8 Å². The predicted molar refractivity (Wildman–Crippen MR) is 263 cm³/mol. The van der Waals surface area contributed by atoms with Crippen LogP contribution < -0.4 is 15.4 Å². The van der Waals surface area contributed by atoms with Gasteiger partial charge < -0.3 is 15.4 Å². The Morgan fingerprint density at radius 1 is 0.367 bits per heavy atom. The molecule has 350 valence electrons. The SMILES string of the molecule is CCCCCCCCCCCCCCCCCOc1cc(C(=O)NCCCCCCCCCCCCCCC)ccc1C(=O)NCCCCCCCCCCCCCCC. The zero-order valence-corrected chi connectivity index (χ0v) is 40.6. The third kappa shape index (κ3) is 35.5. The van der Waals surface area contributed by atoms with Gasteiger partial charge in [-0.25, -0.2) is 0 Å². The van der Waals surface area contributed by atoms with Crippen LogP contribution in [0.5, 0.6) is 5.75 Å². The lowest BCUT2D eigenvalue weighted by Gasteiger charge is -2.14. The number of benzene rings is 1. The normalized spacial score (nSPS) is 11.3. The number of carbonyl (C=O) groups is 2. The highest BCUT2D eigenvalue weighted by atomic mass is 16.5. The first kappa shape index (κ1) is 56.0. The van der Waals surface area contributed by atoms with E-state index >= 15 is 0 Å². The quantitative estimate of drug-likeness (QED) is 0.0643. The summed E-state index contributed by atoms with van der Waals surface area (Å²) < 4.78 is 6.27. The maximum absolute atomic E-state index is 13.4. The predicted octanol–water partition coefficient (Wildman–Crippen LogP) is 17.6. The molecule has 0 spiro atoms. The average Bonchev–Trinajstić information content (AvgIpc) is 3.26. The van der Waals surface area contributed by atoms with Crippen molar-refractivity contribution in [3.05, 3.63) is 29.3 Å². The third-order valence-electron chi connectivity index (χ3n) is 12.6. The Kier molecular flexibility index (Phi) is 42.0. The molecular formula is C55H102N2O3. The van der Waals surface area contributed by atoms with Crippen LogP contribution >= 0.6 is 0 Å². The maximum Gasteiger partial charge on any atom is 0.255 e. The maximum atomic E-state index is 13.4. The molecule has 2 N–H and O–H groups in total. The van der Waals surface area contributed by atoms with E-state index in [2.05, 4.69) is 31.4 Å². The van der Waals surface area contributed by atoms with E-state index in [1.807, 2.05) is 0 Å². The Labute approximate surface area is 374 Å². The molecule has 1 rings (SSSR count). The smallest absolute Gasteiger partial charge is 0.255 e. The topological polar surface area (TPSA) is 67.4 Å². The number of carbonyl (C=O) groups excluding carboxylic acids is 2. The van der Waals surface area contributed by atoms with Crippen molar-refractivity contribution in [2.45, 2.75) is 284 Å². The Hall–Kier alpha value is -2.04. The molecule has 0 aliphatic heterocycles. The summed E-state index contributed by atoms with van der Waals surface area (Å²) in [5, 5.41) is 6.27. The van der Waals surface area contributed by atoms with Gasteiger partial charge in [0.05, 0.1) is 12.2 Å². The second-order valence-electron chi connectivity index (χ2n) is 18.5. The van der Waals surface area contributed by atoms with E-state index in [9.17, 15) is 9.59 Å². The first-order valence-electron chi connectivity index (χ1n) is 27.0. The highest BCUT2D eigenvalue weighted by molar-refractivity contribution is 6.00. The van der Waals surface area contributed by atoms with Crippen LogP contribution in [0.25, 0.3) is 0 Å². The zero-order valence-electron chi connectivity index (χ0n) is 40.6. The molecule has 1 aromatic carbocycles. The van der Waals surface area contributed by atoms with Gasteiger partial charge in [0.25, 0.3) is 11.8 Å². The number of ether oxygens (including phenoxy) is 1. The molecule has 1 aromatic rings. The summed E-state index contributed by atoms with van der Waals surface area (Å²) in [6.07, 6.45) is 54.1. The summed E-state index contributed by atoms with van der Waals surface area (Å²) in [6, 6.07) is 5.38. The summed E-state index contributed by atoms with van der Waals surface area (Å²) in [5.74, 6) is 0.362. The van der Waals surface area contributed by atoms with Crippen LogP contribution in [0, 0.1) is 0 Å². The van der Waals surface area contributed by atoms with E-state index in [1.54, 1.807) is 18.2 Å².